The van der Waals surface area contributed by atoms with Crippen molar-refractivity contribution in [2.24, 2.45) is 5.92 Å². The first-order valence-electron chi connectivity index (χ1n) is 10.3. The van der Waals surface area contributed by atoms with Crippen LogP contribution in [0.15, 0.2) is 36.4 Å². The molecule has 0 saturated carbocycles. The molecule has 1 aromatic rings. The fraction of sp³-hybridized carbons (Fsp3) is 0.565. The summed E-state index contributed by atoms with van der Waals surface area (Å²) in [6.45, 7) is 6.00. The molecular formula is C23H30F2O3. The maximum Gasteiger partial charge on any atom is 0.190 e. The fourth-order valence-corrected chi connectivity index (χ4v) is 3.86. The largest absolute Gasteiger partial charge is 0.366 e. The molecule has 0 radical (unpaired) electrons. The molecule has 0 spiro atoms. The first kappa shape index (κ1) is 21.2. The van der Waals surface area contributed by atoms with Gasteiger partial charge in [-0.2, -0.15) is 0 Å². The number of hydrogen-bond acceptors (Lipinski definition) is 3. The summed E-state index contributed by atoms with van der Waals surface area (Å²) in [6.07, 6.45) is 10.5. The summed E-state index contributed by atoms with van der Waals surface area (Å²) in [5.41, 5.74) is 0.570. The van der Waals surface area contributed by atoms with E-state index in [1.165, 1.54) is 31.4 Å². The number of hydrogen-bond donors (Lipinski definition) is 0. The van der Waals surface area contributed by atoms with Gasteiger partial charge in [0.15, 0.2) is 6.29 Å². The molecule has 1 atom stereocenters. The van der Waals surface area contributed by atoms with Gasteiger partial charge in [-0.25, -0.2) is 8.78 Å². The molecule has 0 amide bonds. The second-order valence-electron chi connectivity index (χ2n) is 7.60. The molecule has 3 nitrogen and oxygen atoms in total. The van der Waals surface area contributed by atoms with Gasteiger partial charge in [0.1, 0.15) is 17.2 Å². The molecule has 1 heterocycles. The Balaban J connectivity index is 1.66. The molecule has 1 aromatic carbocycles. The van der Waals surface area contributed by atoms with E-state index < -0.39 is 23.5 Å². The SMILES string of the molecule is CCCCC[C@H]1CO[C@H](C2(OCC)C=CC(c3cc(F)cc(F)c3)=CC2)OC1. The lowest BCUT2D eigenvalue weighted by Gasteiger charge is -2.42. The van der Waals surface area contributed by atoms with Gasteiger partial charge >= 0.3 is 0 Å². The van der Waals surface area contributed by atoms with E-state index in [0.717, 1.165) is 18.1 Å². The van der Waals surface area contributed by atoms with E-state index in [1.54, 1.807) is 0 Å². The average molecular weight is 392 g/mol. The Hall–Kier alpha value is -1.56. The minimum absolute atomic E-state index is 0.426. The van der Waals surface area contributed by atoms with Crippen molar-refractivity contribution in [1.82, 2.24) is 0 Å². The van der Waals surface area contributed by atoms with Crippen molar-refractivity contribution in [3.8, 4) is 0 Å². The summed E-state index contributed by atoms with van der Waals surface area (Å²) in [5.74, 6) is -0.742. The number of benzene rings is 1. The number of halogens is 2. The zero-order valence-corrected chi connectivity index (χ0v) is 16.8. The van der Waals surface area contributed by atoms with E-state index in [1.807, 2.05) is 25.2 Å². The van der Waals surface area contributed by atoms with Crippen LogP contribution < -0.4 is 0 Å². The van der Waals surface area contributed by atoms with Crippen molar-refractivity contribution in [3.05, 3.63) is 53.6 Å². The number of rotatable bonds is 8. The number of ether oxygens (including phenoxy) is 3. The molecule has 0 N–H and O–H groups in total. The molecule has 3 rings (SSSR count). The Morgan fingerprint density at radius 2 is 1.79 bits per heavy atom. The maximum atomic E-state index is 13.5. The van der Waals surface area contributed by atoms with Gasteiger partial charge in [-0.3, -0.25) is 0 Å². The van der Waals surface area contributed by atoms with Crippen LogP contribution in [0.2, 0.25) is 0 Å². The van der Waals surface area contributed by atoms with E-state index in [0.29, 0.717) is 37.7 Å². The fourth-order valence-electron chi connectivity index (χ4n) is 3.86. The molecule has 154 valence electrons. The van der Waals surface area contributed by atoms with Gasteiger partial charge in [-0.15, -0.1) is 0 Å². The zero-order valence-electron chi connectivity index (χ0n) is 16.8. The second kappa shape index (κ2) is 9.77. The number of unbranched alkanes of at least 4 members (excludes halogenated alkanes) is 2. The minimum Gasteiger partial charge on any atom is -0.366 e. The highest BCUT2D eigenvalue weighted by Gasteiger charge is 2.42. The van der Waals surface area contributed by atoms with Gasteiger partial charge in [0, 0.05) is 25.0 Å². The van der Waals surface area contributed by atoms with Crippen LogP contribution >= 0.6 is 0 Å². The van der Waals surface area contributed by atoms with Crippen LogP contribution in [-0.4, -0.2) is 31.7 Å². The van der Waals surface area contributed by atoms with Gasteiger partial charge < -0.3 is 14.2 Å². The topological polar surface area (TPSA) is 27.7 Å². The van der Waals surface area contributed by atoms with Crippen LogP contribution in [-0.2, 0) is 14.2 Å². The highest BCUT2D eigenvalue weighted by Crippen LogP contribution is 2.36. The molecule has 1 aliphatic carbocycles. The van der Waals surface area contributed by atoms with Gasteiger partial charge in [-0.05, 0) is 42.7 Å². The third-order valence-electron chi connectivity index (χ3n) is 5.38. The summed E-state index contributed by atoms with van der Waals surface area (Å²) in [5, 5.41) is 0. The monoisotopic (exact) mass is 392 g/mol. The van der Waals surface area contributed by atoms with Crippen molar-refractivity contribution >= 4 is 5.57 Å². The molecule has 5 heteroatoms. The molecule has 1 unspecified atom stereocenters. The second-order valence-corrected chi connectivity index (χ2v) is 7.60. The van der Waals surface area contributed by atoms with E-state index in [-0.39, 0.29) is 0 Å². The lowest BCUT2D eigenvalue weighted by Crippen LogP contribution is -2.50. The Labute approximate surface area is 166 Å². The molecule has 1 saturated heterocycles. The lowest BCUT2D eigenvalue weighted by molar-refractivity contribution is -0.272. The first-order valence-corrected chi connectivity index (χ1v) is 10.3. The highest BCUT2D eigenvalue weighted by atomic mass is 19.1. The summed E-state index contributed by atoms with van der Waals surface area (Å²) < 4.78 is 45.2. The third-order valence-corrected chi connectivity index (χ3v) is 5.38. The van der Waals surface area contributed by atoms with Crippen molar-refractivity contribution in [2.45, 2.75) is 57.8 Å². The summed E-state index contributed by atoms with van der Waals surface area (Å²) in [4.78, 5) is 0. The quantitative estimate of drug-likeness (QED) is 0.535. The number of allylic oxidation sites excluding steroid dienone is 2. The van der Waals surface area contributed by atoms with E-state index in [2.05, 4.69) is 6.92 Å². The Morgan fingerprint density at radius 1 is 1.07 bits per heavy atom. The van der Waals surface area contributed by atoms with Crippen LogP contribution in [0.5, 0.6) is 0 Å². The molecular weight excluding hydrogens is 362 g/mol. The van der Waals surface area contributed by atoms with E-state index >= 15 is 0 Å². The normalized spacial score (nSPS) is 27.6. The third kappa shape index (κ3) is 5.07. The standard InChI is InChI=1S/C23H30F2O3/c1-3-5-6-7-17-15-26-22(27-16-17)23(28-4-2)10-8-18(9-11-23)19-12-20(24)14-21(25)13-19/h8-10,12-14,17,22H,3-7,11,15-16H2,1-2H3/t17-,22-,23?. The van der Waals surface area contributed by atoms with Gasteiger partial charge in [-0.1, -0.05) is 38.3 Å². The minimum atomic E-state index is -0.710. The Bertz CT molecular complexity index is 688. The summed E-state index contributed by atoms with van der Waals surface area (Å²) >= 11 is 0. The molecule has 1 fully saturated rings. The Kier molecular flexibility index (Phi) is 7.38. The van der Waals surface area contributed by atoms with Gasteiger partial charge in [0.2, 0.25) is 0 Å². The van der Waals surface area contributed by atoms with Crippen molar-refractivity contribution < 1.29 is 23.0 Å². The van der Waals surface area contributed by atoms with Crippen LogP contribution in [0.1, 0.15) is 51.5 Å². The highest BCUT2D eigenvalue weighted by molar-refractivity contribution is 5.75. The van der Waals surface area contributed by atoms with E-state index in [4.69, 9.17) is 14.2 Å². The lowest BCUT2D eigenvalue weighted by atomic mass is 9.88. The molecule has 2 aliphatic rings. The van der Waals surface area contributed by atoms with Gasteiger partial charge in [0.05, 0.1) is 13.2 Å². The Morgan fingerprint density at radius 3 is 2.36 bits per heavy atom. The molecule has 1 aliphatic heterocycles. The maximum absolute atomic E-state index is 13.5. The van der Waals surface area contributed by atoms with Crippen molar-refractivity contribution in [2.75, 3.05) is 19.8 Å². The van der Waals surface area contributed by atoms with E-state index in [9.17, 15) is 8.78 Å². The predicted octanol–water partition coefficient (Wildman–Crippen LogP) is 5.65. The molecule has 0 aromatic heterocycles. The van der Waals surface area contributed by atoms with Crippen LogP contribution in [0.4, 0.5) is 8.78 Å². The van der Waals surface area contributed by atoms with Crippen molar-refractivity contribution in [3.63, 3.8) is 0 Å². The van der Waals surface area contributed by atoms with Gasteiger partial charge in [0.25, 0.3) is 0 Å². The summed E-state index contributed by atoms with van der Waals surface area (Å²) in [7, 11) is 0. The average Bonchev–Trinajstić information content (AvgIpc) is 2.69. The van der Waals surface area contributed by atoms with Crippen LogP contribution in [0, 0.1) is 17.6 Å². The molecule has 28 heavy (non-hydrogen) atoms. The predicted molar refractivity (Wildman–Crippen MR) is 106 cm³/mol. The smallest absolute Gasteiger partial charge is 0.190 e. The van der Waals surface area contributed by atoms with Crippen LogP contribution in [0.3, 0.4) is 0 Å². The first-order chi connectivity index (χ1) is 13.6. The zero-order chi connectivity index (χ0) is 20.0. The van der Waals surface area contributed by atoms with Crippen LogP contribution in [0.25, 0.3) is 5.57 Å². The van der Waals surface area contributed by atoms with Crippen molar-refractivity contribution in [1.29, 1.82) is 0 Å². The molecule has 0 bridgehead atoms. The summed E-state index contributed by atoms with van der Waals surface area (Å²) in [6, 6.07) is 3.55.